The van der Waals surface area contributed by atoms with Gasteiger partial charge < -0.3 is 5.32 Å². The lowest BCUT2D eigenvalue weighted by atomic mass is 9.98. The minimum Gasteiger partial charge on any atom is -0.312 e. The highest BCUT2D eigenvalue weighted by atomic mass is 32.1. The molecule has 0 bridgehead atoms. The standard InChI is InChI=1S/C13H24N2S/c1-5-6-7-8-14-9-11-10-15-12(16-11)13(2,3)4/h10,14H,5-9H2,1-4H3. The van der Waals surface area contributed by atoms with Crippen LogP contribution >= 0.6 is 11.3 Å². The largest absolute Gasteiger partial charge is 0.312 e. The highest BCUT2D eigenvalue weighted by Crippen LogP contribution is 2.26. The first-order chi connectivity index (χ1) is 7.54. The third-order valence-electron chi connectivity index (χ3n) is 2.45. The van der Waals surface area contributed by atoms with Gasteiger partial charge in [-0.3, -0.25) is 0 Å². The summed E-state index contributed by atoms with van der Waals surface area (Å²) in [5, 5.41) is 4.71. The van der Waals surface area contributed by atoms with Crippen LogP contribution in [0.2, 0.25) is 0 Å². The first-order valence-corrected chi connectivity index (χ1v) is 7.01. The van der Waals surface area contributed by atoms with Crippen LogP contribution in [0.15, 0.2) is 6.20 Å². The zero-order chi connectivity index (χ0) is 12.0. The van der Waals surface area contributed by atoms with E-state index in [1.807, 2.05) is 17.5 Å². The average Bonchev–Trinajstić information content (AvgIpc) is 2.65. The van der Waals surface area contributed by atoms with Gasteiger partial charge >= 0.3 is 0 Å². The van der Waals surface area contributed by atoms with Crippen LogP contribution in [0.4, 0.5) is 0 Å². The van der Waals surface area contributed by atoms with E-state index in [1.54, 1.807) is 0 Å². The molecule has 0 aliphatic heterocycles. The average molecular weight is 240 g/mol. The van der Waals surface area contributed by atoms with Crippen LogP contribution in [0, 0.1) is 0 Å². The summed E-state index contributed by atoms with van der Waals surface area (Å²) in [5.41, 5.74) is 0.186. The van der Waals surface area contributed by atoms with E-state index in [1.165, 1.54) is 29.1 Å². The van der Waals surface area contributed by atoms with Gasteiger partial charge in [0.25, 0.3) is 0 Å². The van der Waals surface area contributed by atoms with Crippen LogP contribution in [0.5, 0.6) is 0 Å². The van der Waals surface area contributed by atoms with Gasteiger partial charge in [-0.25, -0.2) is 4.98 Å². The quantitative estimate of drug-likeness (QED) is 0.767. The van der Waals surface area contributed by atoms with Gasteiger partial charge in [0.1, 0.15) is 0 Å². The maximum Gasteiger partial charge on any atom is 0.0981 e. The molecule has 1 aromatic rings. The molecule has 0 atom stereocenters. The van der Waals surface area contributed by atoms with E-state index in [2.05, 4.69) is 38.0 Å². The molecule has 0 saturated heterocycles. The van der Waals surface area contributed by atoms with Crippen LogP contribution in [0.3, 0.4) is 0 Å². The number of thiazole rings is 1. The molecule has 16 heavy (non-hydrogen) atoms. The molecule has 0 radical (unpaired) electrons. The second-order valence-electron chi connectivity index (χ2n) is 5.27. The van der Waals surface area contributed by atoms with Gasteiger partial charge in [0, 0.05) is 23.0 Å². The summed E-state index contributed by atoms with van der Waals surface area (Å²) in [5.74, 6) is 0. The fourth-order valence-corrected chi connectivity index (χ4v) is 2.39. The Morgan fingerprint density at radius 2 is 2.06 bits per heavy atom. The molecular formula is C13H24N2S. The van der Waals surface area contributed by atoms with Gasteiger partial charge in [-0.15, -0.1) is 11.3 Å². The Morgan fingerprint density at radius 3 is 2.62 bits per heavy atom. The summed E-state index contributed by atoms with van der Waals surface area (Å²) in [7, 11) is 0. The van der Waals surface area contributed by atoms with Crippen molar-refractivity contribution in [3.8, 4) is 0 Å². The summed E-state index contributed by atoms with van der Waals surface area (Å²) >= 11 is 1.83. The Bertz CT molecular complexity index is 299. The van der Waals surface area contributed by atoms with Crippen molar-refractivity contribution in [3.05, 3.63) is 16.1 Å². The minimum absolute atomic E-state index is 0.186. The van der Waals surface area contributed by atoms with E-state index in [9.17, 15) is 0 Å². The SMILES string of the molecule is CCCCCNCc1cnc(C(C)(C)C)s1. The number of rotatable bonds is 6. The van der Waals surface area contributed by atoms with Gasteiger partial charge in [0.15, 0.2) is 0 Å². The van der Waals surface area contributed by atoms with Gasteiger partial charge in [-0.1, -0.05) is 40.5 Å². The summed E-state index contributed by atoms with van der Waals surface area (Å²) in [6, 6.07) is 0. The van der Waals surface area contributed by atoms with E-state index in [4.69, 9.17) is 0 Å². The van der Waals surface area contributed by atoms with Gasteiger partial charge in [-0.2, -0.15) is 0 Å². The summed E-state index contributed by atoms with van der Waals surface area (Å²) < 4.78 is 0. The molecule has 0 spiro atoms. The molecule has 0 aliphatic carbocycles. The molecule has 2 nitrogen and oxygen atoms in total. The van der Waals surface area contributed by atoms with Crippen molar-refractivity contribution in [1.29, 1.82) is 0 Å². The molecule has 0 aliphatic rings. The predicted octanol–water partition coefficient (Wildman–Crippen LogP) is 3.72. The Hall–Kier alpha value is -0.410. The summed E-state index contributed by atoms with van der Waals surface area (Å²) in [6.07, 6.45) is 5.90. The zero-order valence-electron chi connectivity index (χ0n) is 11.0. The molecule has 0 aromatic carbocycles. The van der Waals surface area contributed by atoms with E-state index in [-0.39, 0.29) is 5.41 Å². The lowest BCUT2D eigenvalue weighted by Crippen LogP contribution is -2.13. The van der Waals surface area contributed by atoms with E-state index in [0.717, 1.165) is 13.1 Å². The van der Waals surface area contributed by atoms with E-state index >= 15 is 0 Å². The molecule has 0 unspecified atom stereocenters. The summed E-state index contributed by atoms with van der Waals surface area (Å²) in [4.78, 5) is 5.83. The number of aromatic nitrogens is 1. The Morgan fingerprint density at radius 1 is 1.31 bits per heavy atom. The Balaban J connectivity index is 2.30. The fourth-order valence-electron chi connectivity index (χ4n) is 1.45. The van der Waals surface area contributed by atoms with Gasteiger partial charge in [-0.05, 0) is 13.0 Å². The second-order valence-corrected chi connectivity index (χ2v) is 6.38. The highest BCUT2D eigenvalue weighted by molar-refractivity contribution is 7.11. The molecule has 0 fully saturated rings. The predicted molar refractivity (Wildman–Crippen MR) is 72.0 cm³/mol. The number of hydrogen-bond acceptors (Lipinski definition) is 3. The highest BCUT2D eigenvalue weighted by Gasteiger charge is 2.17. The maximum absolute atomic E-state index is 4.48. The summed E-state index contributed by atoms with van der Waals surface area (Å²) in [6.45, 7) is 11.0. The van der Waals surface area contributed by atoms with Crippen LogP contribution in [-0.4, -0.2) is 11.5 Å². The smallest absolute Gasteiger partial charge is 0.0981 e. The van der Waals surface area contributed by atoms with Crippen molar-refractivity contribution in [1.82, 2.24) is 10.3 Å². The number of unbranched alkanes of at least 4 members (excludes halogenated alkanes) is 2. The molecule has 0 saturated carbocycles. The Labute approximate surface area is 103 Å². The number of hydrogen-bond donors (Lipinski definition) is 1. The van der Waals surface area contributed by atoms with Crippen molar-refractivity contribution in [2.45, 2.75) is 58.9 Å². The van der Waals surface area contributed by atoms with Crippen molar-refractivity contribution in [3.63, 3.8) is 0 Å². The van der Waals surface area contributed by atoms with Crippen molar-refractivity contribution < 1.29 is 0 Å². The molecule has 1 rings (SSSR count). The first-order valence-electron chi connectivity index (χ1n) is 6.20. The number of nitrogens with zero attached hydrogens (tertiary/aromatic N) is 1. The third-order valence-corrected chi connectivity index (χ3v) is 3.87. The maximum atomic E-state index is 4.48. The normalized spacial score (nSPS) is 12.0. The van der Waals surface area contributed by atoms with Crippen LogP contribution in [-0.2, 0) is 12.0 Å². The molecule has 1 aromatic heterocycles. The lowest BCUT2D eigenvalue weighted by Gasteiger charge is -2.13. The molecule has 92 valence electrons. The number of nitrogens with one attached hydrogen (secondary N) is 1. The van der Waals surface area contributed by atoms with E-state index < -0.39 is 0 Å². The van der Waals surface area contributed by atoms with Gasteiger partial charge in [0.05, 0.1) is 5.01 Å². The molecule has 0 amide bonds. The zero-order valence-corrected chi connectivity index (χ0v) is 11.8. The third kappa shape index (κ3) is 4.62. The van der Waals surface area contributed by atoms with Crippen molar-refractivity contribution in [2.75, 3.05) is 6.54 Å². The molecular weight excluding hydrogens is 216 g/mol. The molecule has 1 N–H and O–H groups in total. The van der Waals surface area contributed by atoms with E-state index in [0.29, 0.717) is 0 Å². The van der Waals surface area contributed by atoms with Crippen molar-refractivity contribution in [2.24, 2.45) is 0 Å². The lowest BCUT2D eigenvalue weighted by molar-refractivity contribution is 0.585. The topological polar surface area (TPSA) is 24.9 Å². The van der Waals surface area contributed by atoms with Crippen LogP contribution in [0.25, 0.3) is 0 Å². The fraction of sp³-hybridized carbons (Fsp3) is 0.769. The van der Waals surface area contributed by atoms with Crippen molar-refractivity contribution >= 4 is 11.3 Å². The molecule has 1 heterocycles. The monoisotopic (exact) mass is 240 g/mol. The van der Waals surface area contributed by atoms with Crippen LogP contribution < -0.4 is 5.32 Å². The second kappa shape index (κ2) is 6.36. The van der Waals surface area contributed by atoms with Crippen LogP contribution in [0.1, 0.15) is 56.8 Å². The first kappa shape index (κ1) is 13.7. The minimum atomic E-state index is 0.186. The van der Waals surface area contributed by atoms with Gasteiger partial charge in [0.2, 0.25) is 0 Å². The Kier molecular flexibility index (Phi) is 5.42. The molecule has 3 heteroatoms.